The molecule has 1 saturated carbocycles. The van der Waals surface area contributed by atoms with E-state index in [0.29, 0.717) is 17.6 Å². The lowest BCUT2D eigenvalue weighted by Gasteiger charge is -2.50. The zero-order valence-electron chi connectivity index (χ0n) is 19.6. The molecular weight excluding hydrogens is 432 g/mol. The second kappa shape index (κ2) is 9.65. The van der Waals surface area contributed by atoms with Crippen molar-refractivity contribution < 1.29 is 44.1 Å². The molecule has 0 spiro atoms. The number of fused-ring (bicyclic) bond motifs is 1. The molecule has 1 aliphatic carbocycles. The SMILES string of the molecule is COc1cc(C2O[C@H]3C[C@@H](C)CC[C@@H]3C(C)(C)O2)ccc1O[C@@H]1O[C@H](CO)[C@@H](O)[C@H](O)[C@H]1O. The quantitative estimate of drug-likeness (QED) is 0.508. The average Bonchev–Trinajstić information content (AvgIpc) is 2.78. The van der Waals surface area contributed by atoms with Crippen LogP contribution < -0.4 is 9.47 Å². The van der Waals surface area contributed by atoms with Crippen molar-refractivity contribution in [3.05, 3.63) is 23.8 Å². The van der Waals surface area contributed by atoms with Crippen molar-refractivity contribution in [3.63, 3.8) is 0 Å². The van der Waals surface area contributed by atoms with Crippen molar-refractivity contribution in [1.29, 1.82) is 0 Å². The number of hydrogen-bond donors (Lipinski definition) is 4. The van der Waals surface area contributed by atoms with E-state index in [9.17, 15) is 20.4 Å². The summed E-state index contributed by atoms with van der Waals surface area (Å²) < 4.78 is 29.4. The summed E-state index contributed by atoms with van der Waals surface area (Å²) in [6.45, 7) is 5.95. The van der Waals surface area contributed by atoms with Gasteiger partial charge in [-0.05, 0) is 50.8 Å². The van der Waals surface area contributed by atoms with Crippen LogP contribution in [0.5, 0.6) is 11.5 Å². The van der Waals surface area contributed by atoms with Crippen LogP contribution >= 0.6 is 0 Å². The van der Waals surface area contributed by atoms with Gasteiger partial charge in [0.1, 0.15) is 24.4 Å². The van der Waals surface area contributed by atoms with Crippen molar-refractivity contribution in [2.45, 2.75) is 88.7 Å². The van der Waals surface area contributed by atoms with E-state index in [2.05, 4.69) is 20.8 Å². The van der Waals surface area contributed by atoms with E-state index >= 15 is 0 Å². The van der Waals surface area contributed by atoms with Gasteiger partial charge in [-0.2, -0.15) is 0 Å². The maximum atomic E-state index is 10.3. The Balaban J connectivity index is 1.52. The minimum absolute atomic E-state index is 0.124. The molecule has 1 aromatic rings. The van der Waals surface area contributed by atoms with Gasteiger partial charge in [-0.25, -0.2) is 0 Å². The summed E-state index contributed by atoms with van der Waals surface area (Å²) >= 11 is 0. The van der Waals surface area contributed by atoms with Gasteiger partial charge in [0.15, 0.2) is 17.8 Å². The Bertz CT molecular complexity index is 813. The highest BCUT2D eigenvalue weighted by molar-refractivity contribution is 5.43. The molecule has 9 nitrogen and oxygen atoms in total. The maximum Gasteiger partial charge on any atom is 0.229 e. The molecular formula is C24H36O9. The van der Waals surface area contributed by atoms with Gasteiger partial charge in [0.25, 0.3) is 0 Å². The topological polar surface area (TPSA) is 127 Å². The Morgan fingerprint density at radius 2 is 1.79 bits per heavy atom. The molecule has 2 aliphatic heterocycles. The van der Waals surface area contributed by atoms with E-state index in [1.165, 1.54) is 13.5 Å². The zero-order valence-corrected chi connectivity index (χ0v) is 19.6. The third-order valence-corrected chi connectivity index (χ3v) is 7.21. The number of methoxy groups -OCH3 is 1. The lowest BCUT2D eigenvalue weighted by molar-refractivity contribution is -0.314. The molecule has 4 rings (SSSR count). The molecule has 9 atom stereocenters. The molecule has 3 aliphatic rings. The van der Waals surface area contributed by atoms with Crippen LogP contribution in [0, 0.1) is 11.8 Å². The van der Waals surface area contributed by atoms with Crippen molar-refractivity contribution in [3.8, 4) is 11.5 Å². The molecule has 0 amide bonds. The third kappa shape index (κ3) is 4.86. The predicted octanol–water partition coefficient (Wildman–Crippen LogP) is 1.50. The van der Waals surface area contributed by atoms with Gasteiger partial charge in [-0.1, -0.05) is 13.3 Å². The molecule has 2 heterocycles. The highest BCUT2D eigenvalue weighted by atomic mass is 16.7. The fourth-order valence-corrected chi connectivity index (χ4v) is 5.19. The minimum Gasteiger partial charge on any atom is -0.493 e. The van der Waals surface area contributed by atoms with E-state index in [1.807, 2.05) is 0 Å². The first-order valence-electron chi connectivity index (χ1n) is 11.6. The fourth-order valence-electron chi connectivity index (χ4n) is 5.19. The van der Waals surface area contributed by atoms with Gasteiger partial charge in [0, 0.05) is 11.5 Å². The third-order valence-electron chi connectivity index (χ3n) is 7.21. The Labute approximate surface area is 194 Å². The fraction of sp³-hybridized carbons (Fsp3) is 0.750. The number of aliphatic hydroxyl groups excluding tert-OH is 4. The normalized spacial score (nSPS) is 40.7. The van der Waals surface area contributed by atoms with Gasteiger partial charge < -0.3 is 44.1 Å². The first-order chi connectivity index (χ1) is 15.6. The Kier molecular flexibility index (Phi) is 7.21. The first-order valence-corrected chi connectivity index (χ1v) is 11.6. The van der Waals surface area contributed by atoms with E-state index in [4.69, 9.17) is 23.7 Å². The number of benzene rings is 1. The molecule has 0 radical (unpaired) electrons. The molecule has 0 bridgehead atoms. The molecule has 1 unspecified atom stereocenters. The lowest BCUT2D eigenvalue weighted by Crippen LogP contribution is -2.60. The van der Waals surface area contributed by atoms with Crippen molar-refractivity contribution in [1.82, 2.24) is 0 Å². The molecule has 0 aromatic heterocycles. The second-order valence-electron chi connectivity index (χ2n) is 9.98. The van der Waals surface area contributed by atoms with Crippen LogP contribution in [-0.4, -0.2) is 76.6 Å². The van der Waals surface area contributed by atoms with Crippen LogP contribution in [0.2, 0.25) is 0 Å². The van der Waals surface area contributed by atoms with Crippen LogP contribution in [-0.2, 0) is 14.2 Å². The van der Waals surface area contributed by atoms with E-state index in [0.717, 1.165) is 18.4 Å². The molecule has 33 heavy (non-hydrogen) atoms. The Morgan fingerprint density at radius 1 is 1.03 bits per heavy atom. The monoisotopic (exact) mass is 468 g/mol. The van der Waals surface area contributed by atoms with Crippen LogP contribution in [0.4, 0.5) is 0 Å². The van der Waals surface area contributed by atoms with Gasteiger partial charge in [-0.3, -0.25) is 0 Å². The smallest absolute Gasteiger partial charge is 0.229 e. The van der Waals surface area contributed by atoms with Crippen molar-refractivity contribution in [2.24, 2.45) is 11.8 Å². The van der Waals surface area contributed by atoms with E-state index < -0.39 is 43.6 Å². The summed E-state index contributed by atoms with van der Waals surface area (Å²) in [5.41, 5.74) is 0.449. The average molecular weight is 469 g/mol. The standard InChI is InChI=1S/C24H36O9/c1-12-5-7-14-16(9-12)31-22(33-24(14,2)3)13-6-8-15(17(10-13)29-4)30-23-21(28)20(27)19(26)18(11-25)32-23/h6,8,10,12,14,16,18-23,25-28H,5,7,9,11H2,1-4H3/t12-,14-,16-,18+,19+,20-,21+,22?,23+/m0/s1. The van der Waals surface area contributed by atoms with Crippen LogP contribution in [0.25, 0.3) is 0 Å². The number of ether oxygens (including phenoxy) is 5. The van der Waals surface area contributed by atoms with Gasteiger partial charge >= 0.3 is 0 Å². The number of aliphatic hydroxyl groups is 4. The summed E-state index contributed by atoms with van der Waals surface area (Å²) in [5.74, 6) is 1.60. The molecule has 4 N–H and O–H groups in total. The molecule has 2 saturated heterocycles. The van der Waals surface area contributed by atoms with E-state index in [-0.39, 0.29) is 17.5 Å². The predicted molar refractivity (Wildman–Crippen MR) is 117 cm³/mol. The Hall–Kier alpha value is -1.46. The first kappa shape index (κ1) is 24.7. The summed E-state index contributed by atoms with van der Waals surface area (Å²) in [6, 6.07) is 5.22. The number of rotatable bonds is 5. The van der Waals surface area contributed by atoms with Crippen LogP contribution in [0.3, 0.4) is 0 Å². The highest BCUT2D eigenvalue weighted by Crippen LogP contribution is 2.47. The van der Waals surface area contributed by atoms with E-state index in [1.54, 1.807) is 18.2 Å². The molecule has 1 aromatic carbocycles. The van der Waals surface area contributed by atoms with Crippen LogP contribution in [0.15, 0.2) is 18.2 Å². The van der Waals surface area contributed by atoms with Crippen molar-refractivity contribution in [2.75, 3.05) is 13.7 Å². The maximum absolute atomic E-state index is 10.3. The molecule has 9 heteroatoms. The summed E-state index contributed by atoms with van der Waals surface area (Å²) in [4.78, 5) is 0. The molecule has 186 valence electrons. The van der Waals surface area contributed by atoms with Crippen molar-refractivity contribution >= 4 is 0 Å². The number of hydrogen-bond acceptors (Lipinski definition) is 9. The minimum atomic E-state index is -1.52. The van der Waals surface area contributed by atoms with Gasteiger partial charge in [0.2, 0.25) is 6.29 Å². The van der Waals surface area contributed by atoms with Gasteiger partial charge in [0.05, 0.1) is 25.4 Å². The highest BCUT2D eigenvalue weighted by Gasteiger charge is 2.48. The second-order valence-corrected chi connectivity index (χ2v) is 9.98. The summed E-state index contributed by atoms with van der Waals surface area (Å²) in [5, 5.41) is 39.6. The zero-order chi connectivity index (χ0) is 23.9. The summed E-state index contributed by atoms with van der Waals surface area (Å²) in [7, 11) is 1.49. The largest absolute Gasteiger partial charge is 0.493 e. The van der Waals surface area contributed by atoms with Gasteiger partial charge in [-0.15, -0.1) is 0 Å². The lowest BCUT2D eigenvalue weighted by atomic mass is 9.72. The summed E-state index contributed by atoms with van der Waals surface area (Å²) in [6.07, 6.45) is -4.01. The Morgan fingerprint density at radius 3 is 2.48 bits per heavy atom. The molecule has 3 fully saturated rings. The van der Waals surface area contributed by atoms with Crippen LogP contribution in [0.1, 0.15) is 51.9 Å².